The number of hydrogen-bond acceptors (Lipinski definition) is 5. The fourth-order valence-electron chi connectivity index (χ4n) is 2.80. The number of halogens is 1. The third kappa shape index (κ3) is 4.38. The van der Waals surface area contributed by atoms with Crippen LogP contribution in [-0.4, -0.2) is 29.8 Å². The summed E-state index contributed by atoms with van der Waals surface area (Å²) in [6, 6.07) is 10.2. The first kappa shape index (κ1) is 18.3. The van der Waals surface area contributed by atoms with Gasteiger partial charge in [-0.15, -0.1) is 0 Å². The lowest BCUT2D eigenvalue weighted by Crippen LogP contribution is -2.24. The van der Waals surface area contributed by atoms with E-state index in [0.29, 0.717) is 18.7 Å². The van der Waals surface area contributed by atoms with E-state index in [0.717, 1.165) is 24.2 Å². The molecule has 0 atom stereocenters. The Labute approximate surface area is 154 Å². The maximum Gasteiger partial charge on any atom is 0.306 e. The Balaban J connectivity index is 1.56. The maximum absolute atomic E-state index is 13.3. The Bertz CT molecular complexity index is 885. The number of nitro groups is 1. The maximum atomic E-state index is 13.3. The predicted octanol–water partition coefficient (Wildman–Crippen LogP) is 2.91. The van der Waals surface area contributed by atoms with Crippen molar-refractivity contribution in [2.45, 2.75) is 12.8 Å². The first-order chi connectivity index (χ1) is 12.9. The van der Waals surface area contributed by atoms with E-state index in [1.165, 1.54) is 6.07 Å². The van der Waals surface area contributed by atoms with E-state index in [9.17, 15) is 24.1 Å². The van der Waals surface area contributed by atoms with Crippen LogP contribution in [-0.2, 0) is 9.59 Å². The van der Waals surface area contributed by atoms with Crippen LogP contribution in [0.4, 0.5) is 27.1 Å². The fraction of sp³-hybridized carbons (Fsp3) is 0.222. The molecule has 0 aliphatic carbocycles. The summed E-state index contributed by atoms with van der Waals surface area (Å²) >= 11 is 0. The van der Waals surface area contributed by atoms with Crippen LogP contribution in [0, 0.1) is 15.9 Å². The highest BCUT2D eigenvalue weighted by Gasteiger charge is 2.21. The van der Waals surface area contributed by atoms with E-state index < -0.39 is 16.4 Å². The molecule has 1 fully saturated rings. The first-order valence-electron chi connectivity index (χ1n) is 8.32. The number of nitrogens with one attached hydrogen (secondary N) is 2. The van der Waals surface area contributed by atoms with Crippen LogP contribution in [0.2, 0.25) is 0 Å². The molecule has 1 aliphatic heterocycles. The molecule has 0 aromatic heterocycles. The van der Waals surface area contributed by atoms with Crippen molar-refractivity contribution in [2.75, 3.05) is 28.6 Å². The van der Waals surface area contributed by atoms with Crippen molar-refractivity contribution in [3.63, 3.8) is 0 Å². The van der Waals surface area contributed by atoms with Gasteiger partial charge in [-0.2, -0.15) is 4.39 Å². The van der Waals surface area contributed by atoms with Crippen molar-refractivity contribution >= 4 is 34.6 Å². The smallest absolute Gasteiger partial charge is 0.306 e. The highest BCUT2D eigenvalue weighted by Crippen LogP contribution is 2.23. The van der Waals surface area contributed by atoms with E-state index in [2.05, 4.69) is 10.6 Å². The van der Waals surface area contributed by atoms with Crippen LogP contribution in [0.3, 0.4) is 0 Å². The average Bonchev–Trinajstić information content (AvgIpc) is 3.07. The summed E-state index contributed by atoms with van der Waals surface area (Å²) in [6.45, 7) is 0.549. The minimum Gasteiger partial charge on any atom is -0.376 e. The zero-order valence-electron chi connectivity index (χ0n) is 14.3. The lowest BCUT2D eigenvalue weighted by Gasteiger charge is -2.16. The molecule has 2 aromatic carbocycles. The first-order valence-corrected chi connectivity index (χ1v) is 8.32. The number of hydrogen-bond donors (Lipinski definition) is 2. The van der Waals surface area contributed by atoms with Crippen molar-refractivity contribution in [2.24, 2.45) is 0 Å². The Kier molecular flexibility index (Phi) is 5.30. The summed E-state index contributed by atoms with van der Waals surface area (Å²) in [4.78, 5) is 35.4. The summed E-state index contributed by atoms with van der Waals surface area (Å²) in [5.74, 6) is -1.22. The van der Waals surface area contributed by atoms with Gasteiger partial charge in [0.1, 0.15) is 0 Å². The van der Waals surface area contributed by atoms with E-state index >= 15 is 0 Å². The SMILES string of the molecule is O=C(CNc1ccc(F)c([N+](=O)[O-])c1)Nc1ccc(N2CCCC2=O)cc1. The van der Waals surface area contributed by atoms with Gasteiger partial charge in [0.25, 0.3) is 0 Å². The number of nitro benzene ring substituents is 1. The standard InChI is InChI=1S/C18H17FN4O4/c19-15-8-5-13(10-16(15)23(26)27)20-11-17(24)21-12-3-6-14(7-4-12)22-9-1-2-18(22)25/h3-8,10,20H,1-2,9,11H2,(H,21,24). The highest BCUT2D eigenvalue weighted by molar-refractivity contribution is 5.96. The number of carbonyl (C=O) groups excluding carboxylic acids is 2. The van der Waals surface area contributed by atoms with Gasteiger partial charge in [-0.05, 0) is 42.8 Å². The quantitative estimate of drug-likeness (QED) is 0.599. The molecule has 140 valence electrons. The summed E-state index contributed by atoms with van der Waals surface area (Å²) < 4.78 is 13.3. The largest absolute Gasteiger partial charge is 0.376 e. The highest BCUT2D eigenvalue weighted by atomic mass is 19.1. The summed E-state index contributed by atoms with van der Waals surface area (Å²) in [5, 5.41) is 16.1. The molecular weight excluding hydrogens is 355 g/mol. The van der Waals surface area contributed by atoms with Gasteiger partial charge < -0.3 is 15.5 Å². The zero-order chi connectivity index (χ0) is 19.4. The lowest BCUT2D eigenvalue weighted by molar-refractivity contribution is -0.387. The van der Waals surface area contributed by atoms with Crippen molar-refractivity contribution in [1.82, 2.24) is 0 Å². The second kappa shape index (κ2) is 7.81. The Morgan fingerprint density at radius 1 is 1.19 bits per heavy atom. The van der Waals surface area contributed by atoms with Gasteiger partial charge in [0.05, 0.1) is 11.5 Å². The van der Waals surface area contributed by atoms with Gasteiger partial charge >= 0.3 is 5.69 Å². The number of carbonyl (C=O) groups is 2. The summed E-state index contributed by atoms with van der Waals surface area (Å²) in [6.07, 6.45) is 1.39. The van der Waals surface area contributed by atoms with Gasteiger partial charge in [0.15, 0.2) is 0 Å². The molecule has 8 nitrogen and oxygen atoms in total. The van der Waals surface area contributed by atoms with E-state index in [4.69, 9.17) is 0 Å². The van der Waals surface area contributed by atoms with Crippen LogP contribution in [0.1, 0.15) is 12.8 Å². The lowest BCUT2D eigenvalue weighted by atomic mass is 10.2. The molecule has 1 saturated heterocycles. The molecule has 2 amide bonds. The molecule has 3 rings (SSSR count). The Morgan fingerprint density at radius 2 is 1.89 bits per heavy atom. The van der Waals surface area contributed by atoms with Crippen LogP contribution in [0.25, 0.3) is 0 Å². The Hall–Kier alpha value is -3.49. The number of nitrogens with zero attached hydrogens (tertiary/aromatic N) is 2. The predicted molar refractivity (Wildman–Crippen MR) is 98.2 cm³/mol. The normalized spacial score (nSPS) is 13.5. The number of rotatable bonds is 6. The van der Waals surface area contributed by atoms with Gasteiger partial charge in [-0.25, -0.2) is 0 Å². The van der Waals surface area contributed by atoms with Gasteiger partial charge in [-0.3, -0.25) is 19.7 Å². The molecule has 9 heteroatoms. The summed E-state index contributed by atoms with van der Waals surface area (Å²) in [7, 11) is 0. The van der Waals surface area contributed by atoms with Crippen LogP contribution in [0.5, 0.6) is 0 Å². The summed E-state index contributed by atoms with van der Waals surface area (Å²) in [5.41, 5.74) is 0.947. The van der Waals surface area contributed by atoms with Crippen molar-refractivity contribution in [3.8, 4) is 0 Å². The second-order valence-corrected chi connectivity index (χ2v) is 6.02. The molecule has 0 unspecified atom stereocenters. The topological polar surface area (TPSA) is 105 Å². The van der Waals surface area contributed by atoms with Crippen molar-refractivity contribution < 1.29 is 18.9 Å². The van der Waals surface area contributed by atoms with E-state index in [1.807, 2.05) is 0 Å². The third-order valence-corrected chi connectivity index (χ3v) is 4.13. The third-order valence-electron chi connectivity index (χ3n) is 4.13. The molecule has 0 bridgehead atoms. The molecule has 2 aromatic rings. The molecule has 0 saturated carbocycles. The van der Waals surface area contributed by atoms with Gasteiger partial charge in [0.2, 0.25) is 17.6 Å². The van der Waals surface area contributed by atoms with Crippen LogP contribution < -0.4 is 15.5 Å². The zero-order valence-corrected chi connectivity index (χ0v) is 14.3. The molecule has 1 heterocycles. The molecule has 2 N–H and O–H groups in total. The number of amides is 2. The average molecular weight is 372 g/mol. The second-order valence-electron chi connectivity index (χ2n) is 6.02. The van der Waals surface area contributed by atoms with Crippen molar-refractivity contribution in [3.05, 3.63) is 58.4 Å². The minimum atomic E-state index is -0.938. The molecular formula is C18H17FN4O4. The minimum absolute atomic E-state index is 0.0874. The molecule has 0 spiro atoms. The van der Waals surface area contributed by atoms with Crippen LogP contribution in [0.15, 0.2) is 42.5 Å². The Morgan fingerprint density at radius 3 is 2.52 bits per heavy atom. The van der Waals surface area contributed by atoms with Gasteiger partial charge in [-0.1, -0.05) is 0 Å². The number of anilines is 3. The molecule has 0 radical (unpaired) electrons. The van der Waals surface area contributed by atoms with Gasteiger partial charge in [0, 0.05) is 36.1 Å². The van der Waals surface area contributed by atoms with E-state index in [1.54, 1.807) is 29.2 Å². The van der Waals surface area contributed by atoms with Crippen LogP contribution >= 0.6 is 0 Å². The molecule has 27 heavy (non-hydrogen) atoms. The van der Waals surface area contributed by atoms with Crippen molar-refractivity contribution in [1.29, 1.82) is 0 Å². The molecule has 1 aliphatic rings. The number of benzene rings is 2. The monoisotopic (exact) mass is 372 g/mol. The fourth-order valence-corrected chi connectivity index (χ4v) is 2.80. The van der Waals surface area contributed by atoms with E-state index in [-0.39, 0.29) is 24.0 Å².